The molecule has 0 N–H and O–H groups in total. The fourth-order valence-electron chi connectivity index (χ4n) is 4.73. The molecule has 0 saturated heterocycles. The molecule has 2 heteroatoms. The van der Waals surface area contributed by atoms with Gasteiger partial charge in [-0.25, -0.2) is 0 Å². The second kappa shape index (κ2) is 5.74. The molecule has 0 bridgehead atoms. The van der Waals surface area contributed by atoms with Crippen LogP contribution < -0.4 is 0 Å². The molecule has 29 heavy (non-hydrogen) atoms. The predicted octanol–water partition coefficient (Wildman–Crippen LogP) is 7.51. The van der Waals surface area contributed by atoms with Gasteiger partial charge in [0.05, 0.1) is 5.52 Å². The van der Waals surface area contributed by atoms with Crippen molar-refractivity contribution in [3.63, 3.8) is 0 Å². The Hall–Kier alpha value is -3.52. The summed E-state index contributed by atoms with van der Waals surface area (Å²) in [5.41, 5.74) is 9.56. The van der Waals surface area contributed by atoms with E-state index in [9.17, 15) is 0 Å². The molecular weight excluding hydrogens is 354 g/mol. The fraction of sp³-hybridized carbons (Fsp3) is 0.111. The van der Waals surface area contributed by atoms with Gasteiger partial charge < -0.3 is 8.98 Å². The molecule has 0 spiro atoms. The van der Waals surface area contributed by atoms with Gasteiger partial charge in [-0.05, 0) is 60.4 Å². The zero-order valence-corrected chi connectivity index (χ0v) is 16.8. The Labute approximate surface area is 169 Å². The highest BCUT2D eigenvalue weighted by Gasteiger charge is 2.16. The maximum atomic E-state index is 6.13. The van der Waals surface area contributed by atoms with Crippen molar-refractivity contribution in [3.8, 4) is 11.1 Å². The van der Waals surface area contributed by atoms with Crippen molar-refractivity contribution in [2.24, 2.45) is 7.05 Å². The summed E-state index contributed by atoms with van der Waals surface area (Å²) < 4.78 is 8.41. The predicted molar refractivity (Wildman–Crippen MR) is 123 cm³/mol. The summed E-state index contributed by atoms with van der Waals surface area (Å²) in [6.45, 7) is 4.39. The maximum absolute atomic E-state index is 6.13. The van der Waals surface area contributed by atoms with Crippen molar-refractivity contribution < 1.29 is 4.42 Å². The number of rotatable bonds is 1. The van der Waals surface area contributed by atoms with Crippen LogP contribution in [0.5, 0.6) is 0 Å². The summed E-state index contributed by atoms with van der Waals surface area (Å²) in [6, 6.07) is 26.1. The number of hydrogen-bond donors (Lipinski definition) is 0. The molecule has 0 amide bonds. The smallest absolute Gasteiger partial charge is 0.137 e. The van der Waals surface area contributed by atoms with E-state index in [2.05, 4.69) is 86.1 Å². The molecule has 4 aromatic carbocycles. The first-order valence-electron chi connectivity index (χ1n) is 10.0. The molecular formula is C27H21NO. The van der Waals surface area contributed by atoms with Gasteiger partial charge in [-0.15, -0.1) is 0 Å². The average molecular weight is 375 g/mol. The Morgan fingerprint density at radius 2 is 1.31 bits per heavy atom. The van der Waals surface area contributed by atoms with Gasteiger partial charge in [0, 0.05) is 40.2 Å². The number of aryl methyl sites for hydroxylation is 3. The van der Waals surface area contributed by atoms with Crippen LogP contribution >= 0.6 is 0 Å². The topological polar surface area (TPSA) is 18.1 Å². The van der Waals surface area contributed by atoms with Gasteiger partial charge in [0.25, 0.3) is 0 Å². The van der Waals surface area contributed by atoms with Crippen LogP contribution in [0.4, 0.5) is 0 Å². The van der Waals surface area contributed by atoms with Crippen LogP contribution in [0.3, 0.4) is 0 Å². The number of para-hydroxylation sites is 1. The number of aromatic nitrogens is 1. The summed E-state index contributed by atoms with van der Waals surface area (Å²) in [5.74, 6) is 0. The van der Waals surface area contributed by atoms with E-state index in [1.807, 2.05) is 12.1 Å². The minimum atomic E-state index is 0.943. The van der Waals surface area contributed by atoms with Gasteiger partial charge in [-0.2, -0.15) is 0 Å². The van der Waals surface area contributed by atoms with Crippen molar-refractivity contribution in [2.75, 3.05) is 0 Å². The van der Waals surface area contributed by atoms with E-state index in [1.54, 1.807) is 0 Å². The lowest BCUT2D eigenvalue weighted by Crippen LogP contribution is -1.90. The van der Waals surface area contributed by atoms with E-state index in [0.29, 0.717) is 0 Å². The zero-order chi connectivity index (χ0) is 19.7. The van der Waals surface area contributed by atoms with E-state index >= 15 is 0 Å². The molecule has 2 nitrogen and oxygen atoms in total. The zero-order valence-electron chi connectivity index (χ0n) is 16.8. The molecule has 0 fully saturated rings. The van der Waals surface area contributed by atoms with E-state index in [-0.39, 0.29) is 0 Å². The Morgan fingerprint density at radius 3 is 2.17 bits per heavy atom. The summed E-state index contributed by atoms with van der Waals surface area (Å²) >= 11 is 0. The van der Waals surface area contributed by atoms with Crippen LogP contribution in [0.2, 0.25) is 0 Å². The lowest BCUT2D eigenvalue weighted by Gasteiger charge is -2.10. The quantitative estimate of drug-likeness (QED) is 0.291. The molecule has 0 aliphatic heterocycles. The number of hydrogen-bond acceptors (Lipinski definition) is 1. The number of furan rings is 1. The highest BCUT2D eigenvalue weighted by Crippen LogP contribution is 2.39. The van der Waals surface area contributed by atoms with Crippen molar-refractivity contribution in [1.82, 2.24) is 4.57 Å². The first kappa shape index (κ1) is 16.4. The average Bonchev–Trinajstić information content (AvgIpc) is 3.22. The molecule has 2 aromatic heterocycles. The Bertz CT molecular complexity index is 1580. The minimum absolute atomic E-state index is 0.943. The van der Waals surface area contributed by atoms with E-state index < -0.39 is 0 Å². The van der Waals surface area contributed by atoms with Gasteiger partial charge in [-0.3, -0.25) is 0 Å². The Morgan fingerprint density at radius 1 is 0.586 bits per heavy atom. The molecule has 140 valence electrons. The van der Waals surface area contributed by atoms with Crippen LogP contribution in [0.15, 0.2) is 77.2 Å². The van der Waals surface area contributed by atoms with E-state index in [1.165, 1.54) is 54.8 Å². The second-order valence-corrected chi connectivity index (χ2v) is 8.02. The number of benzene rings is 4. The van der Waals surface area contributed by atoms with Crippen molar-refractivity contribution in [1.29, 1.82) is 0 Å². The van der Waals surface area contributed by atoms with Crippen molar-refractivity contribution >= 4 is 43.7 Å². The van der Waals surface area contributed by atoms with Crippen LogP contribution in [0, 0.1) is 13.8 Å². The first-order chi connectivity index (χ1) is 14.1. The molecule has 6 rings (SSSR count). The summed E-state index contributed by atoms with van der Waals surface area (Å²) in [4.78, 5) is 0. The van der Waals surface area contributed by atoms with Crippen LogP contribution in [-0.2, 0) is 7.05 Å². The normalized spacial score (nSPS) is 12.0. The van der Waals surface area contributed by atoms with Crippen molar-refractivity contribution in [2.45, 2.75) is 13.8 Å². The minimum Gasteiger partial charge on any atom is -0.456 e. The molecule has 2 heterocycles. The second-order valence-electron chi connectivity index (χ2n) is 8.02. The van der Waals surface area contributed by atoms with Crippen LogP contribution in [0.1, 0.15) is 11.1 Å². The first-order valence-corrected chi connectivity index (χ1v) is 10.0. The van der Waals surface area contributed by atoms with Crippen molar-refractivity contribution in [3.05, 3.63) is 83.9 Å². The molecule has 0 aliphatic rings. The standard InChI is InChI=1S/C27H21NO/c1-16-8-4-5-9-18(16)20-13-21-22-14-23-19-10-6-7-11-26(19)29-27(23)15-25(22)28(3)24(21)12-17(20)2/h4-15H,1-3H3. The molecule has 0 saturated carbocycles. The summed E-state index contributed by atoms with van der Waals surface area (Å²) in [5, 5.41) is 4.92. The van der Waals surface area contributed by atoms with Crippen LogP contribution in [0.25, 0.3) is 54.9 Å². The largest absolute Gasteiger partial charge is 0.456 e. The Balaban J connectivity index is 1.75. The van der Waals surface area contributed by atoms with Crippen LogP contribution in [-0.4, -0.2) is 4.57 Å². The lowest BCUT2D eigenvalue weighted by molar-refractivity contribution is 0.669. The van der Waals surface area contributed by atoms with E-state index in [4.69, 9.17) is 4.42 Å². The number of nitrogens with zero attached hydrogens (tertiary/aromatic N) is 1. The lowest BCUT2D eigenvalue weighted by atomic mass is 9.94. The summed E-state index contributed by atoms with van der Waals surface area (Å²) in [7, 11) is 2.14. The molecule has 0 atom stereocenters. The van der Waals surface area contributed by atoms with Gasteiger partial charge in [-0.1, -0.05) is 42.5 Å². The third-order valence-corrected chi connectivity index (χ3v) is 6.29. The fourth-order valence-corrected chi connectivity index (χ4v) is 4.73. The highest BCUT2D eigenvalue weighted by atomic mass is 16.3. The SMILES string of the molecule is Cc1ccccc1-c1cc2c3cc4c(cc3n(C)c2cc1C)oc1ccccc14. The van der Waals surface area contributed by atoms with Gasteiger partial charge in [0.2, 0.25) is 0 Å². The van der Waals surface area contributed by atoms with Gasteiger partial charge >= 0.3 is 0 Å². The third kappa shape index (κ3) is 2.23. The molecule has 0 aliphatic carbocycles. The monoisotopic (exact) mass is 375 g/mol. The molecule has 6 aromatic rings. The van der Waals surface area contributed by atoms with E-state index in [0.717, 1.165) is 11.2 Å². The summed E-state index contributed by atoms with van der Waals surface area (Å²) in [6.07, 6.45) is 0. The Kier molecular flexibility index (Phi) is 3.25. The maximum Gasteiger partial charge on any atom is 0.137 e. The molecule has 0 unspecified atom stereocenters. The van der Waals surface area contributed by atoms with Gasteiger partial charge in [0.1, 0.15) is 11.2 Å². The van der Waals surface area contributed by atoms with Gasteiger partial charge in [0.15, 0.2) is 0 Å². The molecule has 0 radical (unpaired) electrons. The number of fused-ring (bicyclic) bond motifs is 6. The third-order valence-electron chi connectivity index (χ3n) is 6.29. The highest BCUT2D eigenvalue weighted by molar-refractivity contribution is 6.17.